The van der Waals surface area contributed by atoms with Gasteiger partial charge in [-0.3, -0.25) is 0 Å². The Morgan fingerprint density at radius 3 is 2.55 bits per heavy atom. The molecule has 0 heterocycles. The summed E-state index contributed by atoms with van der Waals surface area (Å²) < 4.78 is 33.4. The van der Waals surface area contributed by atoms with Crippen molar-refractivity contribution in [3.63, 3.8) is 0 Å². The Bertz CT molecular complexity index is 476. The van der Waals surface area contributed by atoms with Crippen LogP contribution in [0.25, 0.3) is 0 Å². The molecule has 0 aliphatic heterocycles. The Labute approximate surface area is 122 Å². The summed E-state index contributed by atoms with van der Waals surface area (Å²) in [6.07, 6.45) is 1.59. The molecule has 0 saturated carbocycles. The van der Waals surface area contributed by atoms with Gasteiger partial charge in [0.25, 0.3) is 10.2 Å². The summed E-state index contributed by atoms with van der Waals surface area (Å²) in [5.74, 6) is 0.735. The summed E-state index contributed by atoms with van der Waals surface area (Å²) >= 11 is 0. The van der Waals surface area contributed by atoms with Crippen molar-refractivity contribution < 1.29 is 13.2 Å². The molecule has 0 aliphatic carbocycles. The maximum Gasteiger partial charge on any atom is 0.279 e. The molecule has 1 aromatic carbocycles. The van der Waals surface area contributed by atoms with Crippen molar-refractivity contribution in [2.45, 2.75) is 32.8 Å². The number of hydrogen-bond acceptors (Lipinski definition) is 3. The molecule has 0 spiro atoms. The zero-order valence-corrected chi connectivity index (χ0v) is 13.2. The van der Waals surface area contributed by atoms with E-state index in [-0.39, 0.29) is 12.6 Å². The van der Waals surface area contributed by atoms with Gasteiger partial charge in [-0.15, -0.1) is 0 Å². The first-order valence-corrected chi connectivity index (χ1v) is 8.32. The first-order valence-electron chi connectivity index (χ1n) is 6.88. The summed E-state index contributed by atoms with van der Waals surface area (Å²) in [7, 11) is -1.83. The monoisotopic (exact) mass is 300 g/mol. The van der Waals surface area contributed by atoms with Crippen molar-refractivity contribution in [3.05, 3.63) is 30.3 Å². The van der Waals surface area contributed by atoms with Crippen molar-refractivity contribution >= 4 is 10.2 Å². The molecule has 0 amide bonds. The third-order valence-electron chi connectivity index (χ3n) is 2.87. The highest BCUT2D eigenvalue weighted by atomic mass is 32.2. The van der Waals surface area contributed by atoms with Crippen LogP contribution in [0.5, 0.6) is 5.75 Å². The van der Waals surface area contributed by atoms with Gasteiger partial charge >= 0.3 is 0 Å². The van der Waals surface area contributed by atoms with Crippen LogP contribution in [-0.4, -0.2) is 39.0 Å². The predicted octanol–water partition coefficient (Wildman–Crippen LogP) is 2.02. The lowest BCUT2D eigenvalue weighted by atomic mass is 10.3. The van der Waals surface area contributed by atoms with Crippen molar-refractivity contribution in [1.82, 2.24) is 9.03 Å². The largest absolute Gasteiger partial charge is 0.489 e. The van der Waals surface area contributed by atoms with Gasteiger partial charge in [-0.25, -0.2) is 0 Å². The second-order valence-corrected chi connectivity index (χ2v) is 6.63. The summed E-state index contributed by atoms with van der Waals surface area (Å²) in [4.78, 5) is 0. The number of nitrogens with zero attached hydrogens (tertiary/aromatic N) is 1. The van der Waals surface area contributed by atoms with Crippen LogP contribution in [0.3, 0.4) is 0 Å². The average Bonchev–Trinajstić information content (AvgIpc) is 2.43. The standard InChI is InChI=1S/C14H24N2O3S/c1-4-5-11-16(3)20(17,18)15-12-13(2)19-14-9-7-6-8-10-14/h6-10,13,15H,4-5,11-12H2,1-3H3. The topological polar surface area (TPSA) is 58.6 Å². The lowest BCUT2D eigenvalue weighted by Gasteiger charge is -2.20. The summed E-state index contributed by atoms with van der Waals surface area (Å²) in [5.41, 5.74) is 0. The Kier molecular flexibility index (Phi) is 6.98. The number of hydrogen-bond donors (Lipinski definition) is 1. The van der Waals surface area contributed by atoms with E-state index in [1.54, 1.807) is 7.05 Å². The first kappa shape index (κ1) is 16.9. The van der Waals surface area contributed by atoms with E-state index in [1.165, 1.54) is 4.31 Å². The molecule has 114 valence electrons. The molecule has 6 heteroatoms. The van der Waals surface area contributed by atoms with Gasteiger partial charge in [0.1, 0.15) is 11.9 Å². The Balaban J connectivity index is 2.41. The van der Waals surface area contributed by atoms with E-state index in [0.717, 1.165) is 18.6 Å². The van der Waals surface area contributed by atoms with Gasteiger partial charge in [0, 0.05) is 20.1 Å². The molecule has 1 rings (SSSR count). The molecule has 1 N–H and O–H groups in total. The highest BCUT2D eigenvalue weighted by Crippen LogP contribution is 2.10. The van der Waals surface area contributed by atoms with E-state index < -0.39 is 10.2 Å². The summed E-state index contributed by atoms with van der Waals surface area (Å²) in [6, 6.07) is 9.36. The van der Waals surface area contributed by atoms with Crippen molar-refractivity contribution in [2.24, 2.45) is 0 Å². The van der Waals surface area contributed by atoms with E-state index >= 15 is 0 Å². The second kappa shape index (κ2) is 8.24. The summed E-state index contributed by atoms with van der Waals surface area (Å²) in [6.45, 7) is 4.64. The molecule has 0 aromatic heterocycles. The Hall–Kier alpha value is -1.11. The average molecular weight is 300 g/mol. The molecule has 1 aromatic rings. The quantitative estimate of drug-likeness (QED) is 0.759. The van der Waals surface area contributed by atoms with Crippen LogP contribution in [0.15, 0.2) is 30.3 Å². The van der Waals surface area contributed by atoms with Gasteiger partial charge in [-0.05, 0) is 25.5 Å². The number of rotatable bonds is 9. The van der Waals surface area contributed by atoms with Crippen LogP contribution in [0.1, 0.15) is 26.7 Å². The predicted molar refractivity (Wildman–Crippen MR) is 81.0 cm³/mol. The molecular formula is C14H24N2O3S. The van der Waals surface area contributed by atoms with Gasteiger partial charge in [0.05, 0.1) is 0 Å². The molecule has 1 atom stereocenters. The molecular weight excluding hydrogens is 276 g/mol. The minimum absolute atomic E-state index is 0.230. The maximum absolute atomic E-state index is 12.0. The van der Waals surface area contributed by atoms with E-state index in [4.69, 9.17) is 4.74 Å². The molecule has 0 bridgehead atoms. The molecule has 5 nitrogen and oxygen atoms in total. The van der Waals surface area contributed by atoms with Crippen molar-refractivity contribution in [2.75, 3.05) is 20.1 Å². The molecule has 0 aliphatic rings. The fourth-order valence-corrected chi connectivity index (χ4v) is 2.64. The maximum atomic E-state index is 12.0. The molecule has 0 radical (unpaired) electrons. The third kappa shape index (κ3) is 5.90. The van der Waals surface area contributed by atoms with E-state index in [0.29, 0.717) is 6.54 Å². The zero-order valence-electron chi connectivity index (χ0n) is 12.4. The zero-order chi connectivity index (χ0) is 15.0. The SMILES string of the molecule is CCCCN(C)S(=O)(=O)NCC(C)Oc1ccccc1. The first-order chi connectivity index (χ1) is 9.45. The fourth-order valence-electron chi connectivity index (χ4n) is 1.61. The van der Waals surface area contributed by atoms with E-state index in [9.17, 15) is 8.42 Å². The van der Waals surface area contributed by atoms with Crippen LogP contribution < -0.4 is 9.46 Å². The van der Waals surface area contributed by atoms with Crippen LogP contribution >= 0.6 is 0 Å². The van der Waals surface area contributed by atoms with Crippen LogP contribution in [0.4, 0.5) is 0 Å². The lowest BCUT2D eigenvalue weighted by Crippen LogP contribution is -2.42. The summed E-state index contributed by atoms with van der Waals surface area (Å²) in [5, 5.41) is 0. The normalized spacial score (nSPS) is 13.4. The number of unbranched alkanes of at least 4 members (excludes halogenated alkanes) is 1. The van der Waals surface area contributed by atoms with Crippen LogP contribution in [-0.2, 0) is 10.2 Å². The van der Waals surface area contributed by atoms with Gasteiger partial charge in [-0.1, -0.05) is 31.5 Å². The van der Waals surface area contributed by atoms with Gasteiger partial charge in [0.15, 0.2) is 0 Å². The number of benzene rings is 1. The fraction of sp³-hybridized carbons (Fsp3) is 0.571. The van der Waals surface area contributed by atoms with Gasteiger partial charge in [-0.2, -0.15) is 17.4 Å². The second-order valence-electron chi connectivity index (χ2n) is 4.77. The third-order valence-corrected chi connectivity index (χ3v) is 4.41. The molecule has 0 fully saturated rings. The Morgan fingerprint density at radius 2 is 1.95 bits per heavy atom. The minimum atomic E-state index is -3.42. The minimum Gasteiger partial charge on any atom is -0.489 e. The Morgan fingerprint density at radius 1 is 1.30 bits per heavy atom. The van der Waals surface area contributed by atoms with Crippen molar-refractivity contribution in [3.8, 4) is 5.75 Å². The smallest absolute Gasteiger partial charge is 0.279 e. The van der Waals surface area contributed by atoms with Crippen molar-refractivity contribution in [1.29, 1.82) is 0 Å². The molecule has 1 unspecified atom stereocenters. The van der Waals surface area contributed by atoms with Crippen LogP contribution in [0.2, 0.25) is 0 Å². The number of ether oxygens (including phenoxy) is 1. The van der Waals surface area contributed by atoms with E-state index in [1.807, 2.05) is 44.2 Å². The highest BCUT2D eigenvalue weighted by molar-refractivity contribution is 7.87. The van der Waals surface area contributed by atoms with Crippen LogP contribution in [0, 0.1) is 0 Å². The highest BCUT2D eigenvalue weighted by Gasteiger charge is 2.17. The lowest BCUT2D eigenvalue weighted by molar-refractivity contribution is 0.224. The van der Waals surface area contributed by atoms with E-state index in [2.05, 4.69) is 4.72 Å². The van der Waals surface area contributed by atoms with Gasteiger partial charge in [0.2, 0.25) is 0 Å². The number of nitrogens with one attached hydrogen (secondary N) is 1. The molecule has 20 heavy (non-hydrogen) atoms. The number of para-hydroxylation sites is 1. The van der Waals surface area contributed by atoms with Gasteiger partial charge < -0.3 is 4.74 Å². The molecule has 0 saturated heterocycles.